The van der Waals surface area contributed by atoms with Gasteiger partial charge in [-0.15, -0.1) is 5.10 Å². The smallest absolute Gasteiger partial charge is 0.266 e. The maximum absolute atomic E-state index is 12.7. The third kappa shape index (κ3) is 4.36. The monoisotopic (exact) mass is 470 g/mol. The molecule has 122 valence electrons. The van der Waals surface area contributed by atoms with Gasteiger partial charge < -0.3 is 0 Å². The molecule has 0 bridgehead atoms. The van der Waals surface area contributed by atoms with Gasteiger partial charge in [-0.1, -0.05) is 42.4 Å². The van der Waals surface area contributed by atoms with Crippen LogP contribution in [-0.4, -0.2) is 21.2 Å². The van der Waals surface area contributed by atoms with Gasteiger partial charge in [0, 0.05) is 14.5 Å². The highest BCUT2D eigenvalue weighted by atomic mass is 79.9. The first-order valence-electron chi connectivity index (χ1n) is 5.89. The number of hydrogen-bond donors (Lipinski definition) is 1. The van der Waals surface area contributed by atoms with E-state index in [0.29, 0.717) is 22.8 Å². The SMILES string of the molecule is C/C(=N\NC(=O)c1snnc1C(F)(F)F)c1ccc(Br)cc1Br. The first-order chi connectivity index (χ1) is 10.7. The van der Waals surface area contributed by atoms with Gasteiger partial charge in [-0.05, 0) is 30.6 Å². The molecular weight excluding hydrogens is 465 g/mol. The molecule has 2 aromatic rings. The van der Waals surface area contributed by atoms with E-state index < -0.39 is 22.7 Å². The highest BCUT2D eigenvalue weighted by Crippen LogP contribution is 2.31. The average Bonchev–Trinajstić information content (AvgIpc) is 2.94. The highest BCUT2D eigenvalue weighted by molar-refractivity contribution is 9.11. The van der Waals surface area contributed by atoms with E-state index in [1.165, 1.54) is 0 Å². The molecule has 11 heteroatoms. The number of rotatable bonds is 3. The second kappa shape index (κ2) is 7.05. The molecule has 1 amide bonds. The summed E-state index contributed by atoms with van der Waals surface area (Å²) in [6, 6.07) is 5.30. The summed E-state index contributed by atoms with van der Waals surface area (Å²) in [4.78, 5) is 11.2. The van der Waals surface area contributed by atoms with Gasteiger partial charge in [-0.25, -0.2) is 5.43 Å². The van der Waals surface area contributed by atoms with Gasteiger partial charge in [0.1, 0.15) is 4.88 Å². The molecule has 2 rings (SSSR count). The van der Waals surface area contributed by atoms with Crippen LogP contribution in [0.2, 0.25) is 0 Å². The molecule has 5 nitrogen and oxygen atoms in total. The van der Waals surface area contributed by atoms with Gasteiger partial charge in [0.25, 0.3) is 5.91 Å². The number of nitrogens with zero attached hydrogens (tertiary/aromatic N) is 3. The molecule has 0 spiro atoms. The van der Waals surface area contributed by atoms with Gasteiger partial charge in [-0.3, -0.25) is 4.79 Å². The number of benzene rings is 1. The Balaban J connectivity index is 2.20. The topological polar surface area (TPSA) is 67.2 Å². The minimum Gasteiger partial charge on any atom is -0.266 e. The van der Waals surface area contributed by atoms with Crippen LogP contribution in [0.25, 0.3) is 0 Å². The van der Waals surface area contributed by atoms with E-state index in [4.69, 9.17) is 0 Å². The lowest BCUT2D eigenvalue weighted by Gasteiger charge is -2.06. The quantitative estimate of drug-likeness (QED) is 0.537. The molecule has 1 aromatic carbocycles. The van der Waals surface area contributed by atoms with Crippen LogP contribution in [-0.2, 0) is 6.18 Å². The van der Waals surface area contributed by atoms with E-state index in [9.17, 15) is 18.0 Å². The third-order valence-electron chi connectivity index (χ3n) is 2.61. The largest absolute Gasteiger partial charge is 0.436 e. The molecule has 0 aliphatic heterocycles. The van der Waals surface area contributed by atoms with Crippen molar-refractivity contribution in [1.82, 2.24) is 15.0 Å². The summed E-state index contributed by atoms with van der Waals surface area (Å²) < 4.78 is 42.8. The number of hydrogen-bond acceptors (Lipinski definition) is 5. The van der Waals surface area contributed by atoms with E-state index >= 15 is 0 Å². The average molecular weight is 472 g/mol. The molecule has 0 fully saturated rings. The van der Waals surface area contributed by atoms with Crippen LogP contribution >= 0.6 is 43.4 Å². The summed E-state index contributed by atoms with van der Waals surface area (Å²) in [6.07, 6.45) is -4.74. The number of carbonyl (C=O) groups is 1. The van der Waals surface area contributed by atoms with Gasteiger partial charge in [0.05, 0.1) is 5.71 Å². The molecule has 0 aliphatic rings. The van der Waals surface area contributed by atoms with Crippen molar-refractivity contribution in [2.75, 3.05) is 0 Å². The summed E-state index contributed by atoms with van der Waals surface area (Å²) in [5, 5.41) is 6.76. The Labute approximate surface area is 149 Å². The van der Waals surface area contributed by atoms with Crippen LogP contribution in [0.4, 0.5) is 13.2 Å². The fraction of sp³-hybridized carbons (Fsp3) is 0.167. The zero-order valence-corrected chi connectivity index (χ0v) is 15.3. The maximum Gasteiger partial charge on any atom is 0.436 e. The fourth-order valence-corrected chi connectivity index (χ4v) is 3.46. The molecule has 1 N–H and O–H groups in total. The normalized spacial score (nSPS) is 12.3. The fourth-order valence-electron chi connectivity index (χ4n) is 1.55. The van der Waals surface area contributed by atoms with Crippen molar-refractivity contribution in [3.05, 3.63) is 43.3 Å². The Bertz CT molecular complexity index is 776. The lowest BCUT2D eigenvalue weighted by molar-refractivity contribution is -0.141. The highest BCUT2D eigenvalue weighted by Gasteiger charge is 2.39. The second-order valence-corrected chi connectivity index (χ2v) is 6.73. The van der Waals surface area contributed by atoms with E-state index in [0.717, 1.165) is 8.95 Å². The Hall–Kier alpha value is -1.33. The molecule has 0 saturated heterocycles. The van der Waals surface area contributed by atoms with E-state index in [1.54, 1.807) is 25.1 Å². The van der Waals surface area contributed by atoms with Gasteiger partial charge in [0.15, 0.2) is 5.69 Å². The summed E-state index contributed by atoms with van der Waals surface area (Å²) in [7, 11) is 0. The number of amides is 1. The van der Waals surface area contributed by atoms with Crippen molar-refractivity contribution in [3.63, 3.8) is 0 Å². The van der Waals surface area contributed by atoms with Crippen LogP contribution in [0.3, 0.4) is 0 Å². The molecule has 0 unspecified atom stereocenters. The predicted octanol–water partition coefficient (Wildman–Crippen LogP) is 4.24. The van der Waals surface area contributed by atoms with E-state index in [1.807, 2.05) is 0 Å². The lowest BCUT2D eigenvalue weighted by Crippen LogP contribution is -2.22. The predicted molar refractivity (Wildman–Crippen MR) is 86.4 cm³/mol. The van der Waals surface area contributed by atoms with Crippen LogP contribution < -0.4 is 5.43 Å². The van der Waals surface area contributed by atoms with Crippen molar-refractivity contribution in [2.45, 2.75) is 13.1 Å². The summed E-state index contributed by atoms with van der Waals surface area (Å²) in [5.41, 5.74) is 1.87. The van der Waals surface area contributed by atoms with Crippen molar-refractivity contribution in [2.24, 2.45) is 5.10 Å². The van der Waals surface area contributed by atoms with Crippen LogP contribution in [0.15, 0.2) is 32.2 Å². The van der Waals surface area contributed by atoms with Gasteiger partial charge in [-0.2, -0.15) is 18.3 Å². The zero-order chi connectivity index (χ0) is 17.2. The molecule has 1 aromatic heterocycles. The number of aromatic nitrogens is 2. The van der Waals surface area contributed by atoms with Gasteiger partial charge in [0.2, 0.25) is 0 Å². The van der Waals surface area contributed by atoms with E-state index in [-0.39, 0.29) is 0 Å². The van der Waals surface area contributed by atoms with Crippen LogP contribution in [0.1, 0.15) is 27.9 Å². The number of alkyl halides is 3. The number of halogens is 5. The molecule has 0 radical (unpaired) electrons. The minimum atomic E-state index is -4.74. The molecule has 23 heavy (non-hydrogen) atoms. The molecule has 0 atom stereocenters. The Morgan fingerprint density at radius 1 is 1.35 bits per heavy atom. The van der Waals surface area contributed by atoms with Crippen LogP contribution in [0, 0.1) is 0 Å². The van der Waals surface area contributed by atoms with Crippen molar-refractivity contribution in [3.8, 4) is 0 Å². The van der Waals surface area contributed by atoms with Gasteiger partial charge >= 0.3 is 6.18 Å². The standard InChI is InChI=1S/C12H7Br2F3N4OS/c1-5(7-3-2-6(13)4-8(7)14)18-20-11(22)9-10(12(15,16)17)19-21-23-9/h2-4H,1H3,(H,20,22)/b18-5+. The summed E-state index contributed by atoms with van der Waals surface area (Å²) in [6.45, 7) is 1.61. The Kier molecular flexibility index (Phi) is 5.53. The Morgan fingerprint density at radius 3 is 2.65 bits per heavy atom. The summed E-state index contributed by atoms with van der Waals surface area (Å²) in [5.74, 6) is -1.01. The maximum atomic E-state index is 12.7. The number of nitrogens with one attached hydrogen (secondary N) is 1. The lowest BCUT2D eigenvalue weighted by atomic mass is 10.1. The number of carbonyl (C=O) groups excluding carboxylic acids is 1. The van der Waals surface area contributed by atoms with Crippen molar-refractivity contribution in [1.29, 1.82) is 0 Å². The first kappa shape index (κ1) is 18.0. The third-order valence-corrected chi connectivity index (χ3v) is 4.48. The molecular formula is C12H7Br2F3N4OS. The number of hydrazone groups is 1. The zero-order valence-electron chi connectivity index (χ0n) is 11.3. The first-order valence-corrected chi connectivity index (χ1v) is 8.25. The van der Waals surface area contributed by atoms with E-state index in [2.05, 4.69) is 52.0 Å². The second-order valence-electron chi connectivity index (χ2n) is 4.21. The molecule has 0 aliphatic carbocycles. The van der Waals surface area contributed by atoms with Crippen molar-refractivity contribution < 1.29 is 18.0 Å². The van der Waals surface area contributed by atoms with Crippen LogP contribution in [0.5, 0.6) is 0 Å². The summed E-state index contributed by atoms with van der Waals surface area (Å²) >= 11 is 7.00. The van der Waals surface area contributed by atoms with Crippen molar-refractivity contribution >= 4 is 55.0 Å². The molecule has 1 heterocycles. The minimum absolute atomic E-state index is 0.359. The molecule has 0 saturated carbocycles. The Morgan fingerprint density at radius 2 is 2.04 bits per heavy atom.